The molecule has 0 spiro atoms. The van der Waals surface area contributed by atoms with Gasteiger partial charge < -0.3 is 9.90 Å². The molecule has 0 unspecified atom stereocenters. The van der Waals surface area contributed by atoms with Gasteiger partial charge in [-0.2, -0.15) is 0 Å². The first-order chi connectivity index (χ1) is 7.34. The summed E-state index contributed by atoms with van der Waals surface area (Å²) in [4.78, 5) is 19.7. The molecule has 0 atom stereocenters. The summed E-state index contributed by atoms with van der Waals surface area (Å²) < 4.78 is 29.0. The second-order valence-electron chi connectivity index (χ2n) is 2.34. The first kappa shape index (κ1) is 17.9. The number of carbonyl (C=O) groups is 1. The molecule has 86 valence electrons. The van der Waals surface area contributed by atoms with Crippen LogP contribution in [0.5, 0.6) is 0 Å². The summed E-state index contributed by atoms with van der Waals surface area (Å²) in [5.74, 6) is -1.34. The van der Waals surface area contributed by atoms with Crippen LogP contribution in [0.2, 0.25) is 0 Å². The summed E-state index contributed by atoms with van der Waals surface area (Å²) in [6, 6.07) is 4.50. The van der Waals surface area contributed by atoms with Crippen LogP contribution in [0.15, 0.2) is 24.3 Å². The standard InChI is InChI=1S/C7H5NO4.BF3.Li/c9-7(10)5-1-3-6(4-2-5)8(11)12;2-1(3)4;/h1-4H,(H,9,10);;/q;;+1/p-1. The van der Waals surface area contributed by atoms with Crippen LogP contribution in [0.4, 0.5) is 18.6 Å². The number of aromatic carboxylic acids is 1. The Morgan fingerprint density at radius 3 is 1.76 bits per heavy atom. The number of carbonyl (C=O) groups excluding carboxylic acids is 1. The Morgan fingerprint density at radius 2 is 1.53 bits per heavy atom. The minimum Gasteiger partial charge on any atom is -0.545 e. The predicted octanol–water partition coefficient (Wildman–Crippen LogP) is -2.16. The Labute approximate surface area is 106 Å². The number of carboxylic acid groups (broad SMARTS) is 1. The molecule has 0 aliphatic heterocycles. The van der Waals surface area contributed by atoms with Crippen molar-refractivity contribution in [2.24, 2.45) is 0 Å². The topological polar surface area (TPSA) is 83.3 Å². The molecular weight excluding hydrogens is 237 g/mol. The Kier molecular flexibility index (Phi) is 9.14. The molecule has 17 heavy (non-hydrogen) atoms. The van der Waals surface area contributed by atoms with Crippen molar-refractivity contribution in [2.75, 3.05) is 0 Å². The van der Waals surface area contributed by atoms with Crippen LogP contribution in [0.25, 0.3) is 0 Å². The van der Waals surface area contributed by atoms with Gasteiger partial charge in [-0.1, -0.05) is 0 Å². The molecule has 0 aromatic heterocycles. The monoisotopic (exact) mass is 241 g/mol. The van der Waals surface area contributed by atoms with Crippen LogP contribution in [0, 0.1) is 10.1 Å². The van der Waals surface area contributed by atoms with Gasteiger partial charge in [0.15, 0.2) is 0 Å². The van der Waals surface area contributed by atoms with E-state index in [-0.39, 0.29) is 30.1 Å². The van der Waals surface area contributed by atoms with Gasteiger partial charge in [-0.3, -0.25) is 23.1 Å². The summed E-state index contributed by atoms with van der Waals surface area (Å²) >= 11 is 0. The third-order valence-corrected chi connectivity index (χ3v) is 1.31. The first-order valence-corrected chi connectivity index (χ1v) is 3.72. The Morgan fingerprint density at radius 1 is 1.18 bits per heavy atom. The van der Waals surface area contributed by atoms with Gasteiger partial charge in [0.1, 0.15) is 0 Å². The molecule has 0 bridgehead atoms. The van der Waals surface area contributed by atoms with Crippen molar-refractivity contribution in [3.05, 3.63) is 39.9 Å². The molecule has 1 rings (SSSR count). The molecule has 1 aromatic carbocycles. The summed E-state index contributed by atoms with van der Waals surface area (Å²) in [5, 5.41) is 20.3. The molecule has 0 heterocycles. The fourth-order valence-electron chi connectivity index (χ4n) is 0.719. The molecule has 0 fully saturated rings. The van der Waals surface area contributed by atoms with Crippen LogP contribution < -0.4 is 24.0 Å². The second kappa shape index (κ2) is 8.67. The Hall–Kier alpha value is -1.46. The van der Waals surface area contributed by atoms with Crippen LogP contribution in [0.1, 0.15) is 10.4 Å². The number of nitrogens with zero attached hydrogens (tertiary/aromatic N) is 1. The van der Waals surface area contributed by atoms with E-state index in [4.69, 9.17) is 0 Å². The minimum atomic E-state index is -3.67. The smallest absolute Gasteiger partial charge is 0.545 e. The molecule has 0 saturated carbocycles. The van der Waals surface area contributed by atoms with Crippen molar-refractivity contribution in [3.8, 4) is 0 Å². The SMILES string of the molecule is FB(F)F.O=C([O-])c1ccc([N+](=O)[O-])cc1.[Li+]. The van der Waals surface area contributed by atoms with E-state index in [1.54, 1.807) is 0 Å². The molecule has 0 aliphatic carbocycles. The van der Waals surface area contributed by atoms with E-state index < -0.39 is 18.4 Å². The summed E-state index contributed by atoms with van der Waals surface area (Å²) in [6.45, 7) is 0. The summed E-state index contributed by atoms with van der Waals surface area (Å²) in [7, 11) is -3.67. The van der Waals surface area contributed by atoms with Crippen LogP contribution in [-0.4, -0.2) is 18.4 Å². The van der Waals surface area contributed by atoms with E-state index in [9.17, 15) is 33.0 Å². The summed E-state index contributed by atoms with van der Waals surface area (Å²) in [5.41, 5.74) is -0.208. The zero-order valence-corrected chi connectivity index (χ0v) is 8.60. The number of non-ortho nitro benzene ring substituents is 1. The maximum atomic E-state index is 10.2. The van der Waals surface area contributed by atoms with Crippen molar-refractivity contribution >= 4 is 19.2 Å². The van der Waals surface area contributed by atoms with Crippen molar-refractivity contribution in [1.29, 1.82) is 0 Å². The third kappa shape index (κ3) is 8.36. The molecule has 5 nitrogen and oxygen atoms in total. The molecule has 1 aromatic rings. The van der Waals surface area contributed by atoms with Gasteiger partial charge in [-0.25, -0.2) is 0 Å². The first-order valence-electron chi connectivity index (χ1n) is 3.72. The van der Waals surface area contributed by atoms with Gasteiger partial charge in [0.05, 0.1) is 10.9 Å². The van der Waals surface area contributed by atoms with Gasteiger partial charge in [0.25, 0.3) is 5.69 Å². The zero-order chi connectivity index (χ0) is 12.7. The number of hydrogen-bond donors (Lipinski definition) is 0. The number of rotatable bonds is 2. The number of carboxylic acids is 1. The molecule has 10 heteroatoms. The number of nitro benzene ring substituents is 1. The van der Waals surface area contributed by atoms with Gasteiger partial charge >= 0.3 is 26.4 Å². The Balaban J connectivity index is 0. The van der Waals surface area contributed by atoms with Crippen molar-refractivity contribution in [1.82, 2.24) is 0 Å². The van der Waals surface area contributed by atoms with E-state index >= 15 is 0 Å². The Bertz CT molecular complexity index is 340. The maximum absolute atomic E-state index is 10.2. The predicted molar refractivity (Wildman–Crippen MR) is 46.5 cm³/mol. The van der Waals surface area contributed by atoms with E-state index in [1.807, 2.05) is 0 Å². The van der Waals surface area contributed by atoms with Gasteiger partial charge in [-0.15, -0.1) is 0 Å². The molecule has 0 radical (unpaired) electrons. The fourth-order valence-corrected chi connectivity index (χ4v) is 0.719. The fraction of sp³-hybridized carbons (Fsp3) is 0. The molecule has 0 aliphatic rings. The molecular formula is C7H4BF3LiNO4. The van der Waals surface area contributed by atoms with Crippen LogP contribution in [0.3, 0.4) is 0 Å². The van der Waals surface area contributed by atoms with E-state index in [0.717, 1.165) is 24.3 Å². The molecule has 0 saturated heterocycles. The average molecular weight is 241 g/mol. The van der Waals surface area contributed by atoms with E-state index in [2.05, 4.69) is 0 Å². The quantitative estimate of drug-likeness (QED) is 0.335. The van der Waals surface area contributed by atoms with E-state index in [0.29, 0.717) is 0 Å². The zero-order valence-electron chi connectivity index (χ0n) is 8.60. The number of nitro groups is 1. The van der Waals surface area contributed by atoms with Crippen LogP contribution >= 0.6 is 0 Å². The van der Waals surface area contributed by atoms with Gasteiger partial charge in [0, 0.05) is 12.1 Å². The van der Waals surface area contributed by atoms with Crippen molar-refractivity contribution in [3.63, 3.8) is 0 Å². The van der Waals surface area contributed by atoms with Gasteiger partial charge in [0.2, 0.25) is 0 Å². The third-order valence-electron chi connectivity index (χ3n) is 1.31. The minimum absolute atomic E-state index is 0. The van der Waals surface area contributed by atoms with Crippen LogP contribution in [-0.2, 0) is 0 Å². The molecule has 0 amide bonds. The largest absolute Gasteiger partial charge is 1.00 e. The van der Waals surface area contributed by atoms with E-state index in [1.165, 1.54) is 0 Å². The summed E-state index contributed by atoms with van der Waals surface area (Å²) in [6.07, 6.45) is 0. The van der Waals surface area contributed by atoms with Gasteiger partial charge in [-0.05, 0) is 17.7 Å². The number of benzene rings is 1. The number of hydrogen-bond acceptors (Lipinski definition) is 4. The van der Waals surface area contributed by atoms with Crippen molar-refractivity contribution < 1.29 is 46.6 Å². The maximum Gasteiger partial charge on any atom is 1.00 e. The van der Waals surface area contributed by atoms with Crippen molar-refractivity contribution in [2.45, 2.75) is 0 Å². The average Bonchev–Trinajstić information content (AvgIpc) is 2.17. The second-order valence-corrected chi connectivity index (χ2v) is 2.34. The number of halogens is 3. The normalized spacial score (nSPS) is 8.18. The molecule has 0 N–H and O–H groups in total.